The van der Waals surface area contributed by atoms with Crippen molar-refractivity contribution in [2.24, 2.45) is 0 Å². The van der Waals surface area contributed by atoms with E-state index in [0.29, 0.717) is 6.10 Å². The van der Waals surface area contributed by atoms with E-state index in [4.69, 9.17) is 4.74 Å². The van der Waals surface area contributed by atoms with Gasteiger partial charge in [-0.3, -0.25) is 0 Å². The van der Waals surface area contributed by atoms with Crippen molar-refractivity contribution in [1.29, 1.82) is 0 Å². The van der Waals surface area contributed by atoms with Gasteiger partial charge in [-0.1, -0.05) is 33.1 Å². The van der Waals surface area contributed by atoms with Crippen molar-refractivity contribution in [3.05, 3.63) is 0 Å². The molecule has 0 aliphatic rings. The molecule has 0 bridgehead atoms. The Morgan fingerprint density at radius 1 is 1.15 bits per heavy atom. The second-order valence-electron chi connectivity index (χ2n) is 3.53. The highest BCUT2D eigenvalue weighted by Crippen LogP contribution is 2.10. The summed E-state index contributed by atoms with van der Waals surface area (Å²) in [5.74, 6) is 0. The summed E-state index contributed by atoms with van der Waals surface area (Å²) >= 11 is 0. The molecule has 1 atom stereocenters. The Morgan fingerprint density at radius 2 is 1.92 bits per heavy atom. The monoisotopic (exact) mass is 187 g/mol. The van der Waals surface area contributed by atoms with Crippen LogP contribution < -0.4 is 5.32 Å². The molecule has 1 N–H and O–H groups in total. The van der Waals surface area contributed by atoms with Gasteiger partial charge in [-0.05, 0) is 19.9 Å². The summed E-state index contributed by atoms with van der Waals surface area (Å²) in [7, 11) is 1.96. The van der Waals surface area contributed by atoms with Crippen molar-refractivity contribution in [2.45, 2.75) is 52.1 Å². The third-order valence-corrected chi connectivity index (χ3v) is 2.20. The molecule has 0 aromatic rings. The van der Waals surface area contributed by atoms with Crippen LogP contribution in [-0.4, -0.2) is 26.3 Å². The van der Waals surface area contributed by atoms with Crippen LogP contribution in [0.3, 0.4) is 0 Å². The molecule has 0 radical (unpaired) electrons. The van der Waals surface area contributed by atoms with Crippen LogP contribution in [0.2, 0.25) is 0 Å². The van der Waals surface area contributed by atoms with E-state index in [0.717, 1.165) is 13.2 Å². The smallest absolute Gasteiger partial charge is 0.0594 e. The fraction of sp³-hybridized carbons (Fsp3) is 1.00. The van der Waals surface area contributed by atoms with Gasteiger partial charge in [-0.2, -0.15) is 0 Å². The molecule has 0 aromatic carbocycles. The molecule has 1 unspecified atom stereocenters. The van der Waals surface area contributed by atoms with E-state index >= 15 is 0 Å². The summed E-state index contributed by atoms with van der Waals surface area (Å²) in [6.45, 7) is 6.27. The molecular formula is C11H25NO. The molecule has 0 fully saturated rings. The molecule has 0 aliphatic heterocycles. The lowest BCUT2D eigenvalue weighted by Gasteiger charge is -2.16. The first-order valence-corrected chi connectivity index (χ1v) is 5.61. The fourth-order valence-corrected chi connectivity index (χ4v) is 1.39. The van der Waals surface area contributed by atoms with Crippen LogP contribution in [0, 0.1) is 0 Å². The Hall–Kier alpha value is -0.0800. The first-order valence-electron chi connectivity index (χ1n) is 5.61. The number of ether oxygens (including phenoxy) is 1. The number of hydrogen-bond donors (Lipinski definition) is 1. The third-order valence-electron chi connectivity index (χ3n) is 2.20. The van der Waals surface area contributed by atoms with E-state index in [1.54, 1.807) is 0 Å². The van der Waals surface area contributed by atoms with Crippen LogP contribution in [0.5, 0.6) is 0 Å². The zero-order valence-electron chi connectivity index (χ0n) is 9.44. The lowest BCUT2D eigenvalue weighted by Crippen LogP contribution is -2.20. The molecule has 0 rings (SSSR count). The average Bonchev–Trinajstić information content (AvgIpc) is 2.14. The number of unbranched alkanes of at least 4 members (excludes halogenated alkanes) is 1. The molecule has 80 valence electrons. The van der Waals surface area contributed by atoms with Crippen molar-refractivity contribution >= 4 is 0 Å². The zero-order chi connectivity index (χ0) is 9.94. The molecular weight excluding hydrogens is 162 g/mol. The maximum atomic E-state index is 5.76. The second-order valence-corrected chi connectivity index (χ2v) is 3.53. The molecule has 0 heterocycles. The average molecular weight is 187 g/mol. The van der Waals surface area contributed by atoms with Crippen molar-refractivity contribution in [1.82, 2.24) is 5.32 Å². The van der Waals surface area contributed by atoms with E-state index in [1.807, 2.05) is 7.05 Å². The lowest BCUT2D eigenvalue weighted by molar-refractivity contribution is 0.0423. The largest absolute Gasteiger partial charge is 0.377 e. The standard InChI is InChI=1S/C11H25NO/c1-4-6-8-11(7-5-2)13-10-9-12-3/h11-12H,4-10H2,1-3H3. The summed E-state index contributed by atoms with van der Waals surface area (Å²) in [5.41, 5.74) is 0. The minimum Gasteiger partial charge on any atom is -0.377 e. The molecule has 0 amide bonds. The van der Waals surface area contributed by atoms with Gasteiger partial charge in [-0.25, -0.2) is 0 Å². The molecule has 13 heavy (non-hydrogen) atoms. The van der Waals surface area contributed by atoms with Gasteiger partial charge in [0.15, 0.2) is 0 Å². The van der Waals surface area contributed by atoms with Crippen molar-refractivity contribution < 1.29 is 4.74 Å². The Kier molecular flexibility index (Phi) is 9.94. The Labute approximate surface area is 83.1 Å². The van der Waals surface area contributed by atoms with E-state index in [9.17, 15) is 0 Å². The first-order chi connectivity index (χ1) is 6.35. The van der Waals surface area contributed by atoms with Crippen LogP contribution in [0.4, 0.5) is 0 Å². The van der Waals surface area contributed by atoms with Crippen LogP contribution >= 0.6 is 0 Å². The highest BCUT2D eigenvalue weighted by Gasteiger charge is 2.06. The van der Waals surface area contributed by atoms with Gasteiger partial charge in [0, 0.05) is 6.54 Å². The number of hydrogen-bond acceptors (Lipinski definition) is 2. The predicted molar refractivity (Wildman–Crippen MR) is 58.1 cm³/mol. The first kappa shape index (κ1) is 12.9. The molecule has 0 saturated heterocycles. The Balaban J connectivity index is 3.41. The van der Waals surface area contributed by atoms with Gasteiger partial charge in [0.05, 0.1) is 12.7 Å². The van der Waals surface area contributed by atoms with Gasteiger partial charge >= 0.3 is 0 Å². The van der Waals surface area contributed by atoms with E-state index in [1.165, 1.54) is 32.1 Å². The van der Waals surface area contributed by atoms with Gasteiger partial charge in [0.25, 0.3) is 0 Å². The Bertz CT molecular complexity index is 96.1. The second kappa shape index (κ2) is 10.0. The topological polar surface area (TPSA) is 21.3 Å². The van der Waals surface area contributed by atoms with E-state index in [2.05, 4.69) is 19.2 Å². The van der Waals surface area contributed by atoms with Crippen LogP contribution in [0.15, 0.2) is 0 Å². The van der Waals surface area contributed by atoms with Crippen molar-refractivity contribution in [3.8, 4) is 0 Å². The number of likely N-dealkylation sites (N-methyl/N-ethyl adjacent to an activating group) is 1. The van der Waals surface area contributed by atoms with Crippen LogP contribution in [0.1, 0.15) is 46.0 Å². The highest BCUT2D eigenvalue weighted by molar-refractivity contribution is 4.57. The molecule has 0 saturated carbocycles. The summed E-state index contributed by atoms with van der Waals surface area (Å²) in [5, 5.41) is 3.10. The minimum atomic E-state index is 0.498. The summed E-state index contributed by atoms with van der Waals surface area (Å²) in [4.78, 5) is 0. The van der Waals surface area contributed by atoms with Crippen LogP contribution in [0.25, 0.3) is 0 Å². The lowest BCUT2D eigenvalue weighted by atomic mass is 10.1. The maximum Gasteiger partial charge on any atom is 0.0594 e. The maximum absolute atomic E-state index is 5.76. The highest BCUT2D eigenvalue weighted by atomic mass is 16.5. The van der Waals surface area contributed by atoms with Gasteiger partial charge < -0.3 is 10.1 Å². The summed E-state index contributed by atoms with van der Waals surface area (Å²) < 4.78 is 5.76. The Morgan fingerprint density at radius 3 is 2.46 bits per heavy atom. The zero-order valence-corrected chi connectivity index (χ0v) is 9.44. The quantitative estimate of drug-likeness (QED) is 0.560. The van der Waals surface area contributed by atoms with E-state index in [-0.39, 0.29) is 0 Å². The molecule has 2 nitrogen and oxygen atoms in total. The van der Waals surface area contributed by atoms with Gasteiger partial charge in [0.2, 0.25) is 0 Å². The number of nitrogens with one attached hydrogen (secondary N) is 1. The normalized spacial score (nSPS) is 13.2. The van der Waals surface area contributed by atoms with Crippen molar-refractivity contribution in [3.63, 3.8) is 0 Å². The fourth-order valence-electron chi connectivity index (χ4n) is 1.39. The van der Waals surface area contributed by atoms with Crippen LogP contribution in [-0.2, 0) is 4.74 Å². The van der Waals surface area contributed by atoms with Crippen molar-refractivity contribution in [2.75, 3.05) is 20.2 Å². The summed E-state index contributed by atoms with van der Waals surface area (Å²) in [6.07, 6.45) is 6.74. The SMILES string of the molecule is CCCCC(CCC)OCCNC. The van der Waals surface area contributed by atoms with Gasteiger partial charge in [-0.15, -0.1) is 0 Å². The molecule has 0 aromatic heterocycles. The predicted octanol–water partition coefficient (Wildman–Crippen LogP) is 2.58. The summed E-state index contributed by atoms with van der Waals surface area (Å²) in [6, 6.07) is 0. The molecule has 0 spiro atoms. The number of rotatable bonds is 9. The minimum absolute atomic E-state index is 0.498. The molecule has 0 aliphatic carbocycles. The van der Waals surface area contributed by atoms with E-state index < -0.39 is 0 Å². The molecule has 2 heteroatoms. The van der Waals surface area contributed by atoms with Gasteiger partial charge in [0.1, 0.15) is 0 Å². The third kappa shape index (κ3) is 8.26.